The molecule has 2 rings (SSSR count). The van der Waals surface area contributed by atoms with Crippen LogP contribution < -0.4 is 5.32 Å². The first-order chi connectivity index (χ1) is 9.08. The number of nitrogens with one attached hydrogen (secondary N) is 1. The van der Waals surface area contributed by atoms with Crippen LogP contribution in [0.1, 0.15) is 18.9 Å². The van der Waals surface area contributed by atoms with Gasteiger partial charge in [-0.15, -0.1) is 0 Å². The number of ether oxygens (including phenoxy) is 1. The van der Waals surface area contributed by atoms with Crippen LogP contribution >= 0.6 is 11.6 Å². The van der Waals surface area contributed by atoms with E-state index in [4.69, 9.17) is 16.3 Å². The lowest BCUT2D eigenvalue weighted by Gasteiger charge is -2.29. The minimum absolute atomic E-state index is 0.0175. The second kappa shape index (κ2) is 6.32. The monoisotopic (exact) mass is 284 g/mol. The number of hydrogen-bond acceptors (Lipinski definition) is 4. The number of rotatable bonds is 4. The molecule has 2 unspecified atom stereocenters. The van der Waals surface area contributed by atoms with Crippen LogP contribution in [0.5, 0.6) is 0 Å². The number of hydrogen-bond donors (Lipinski definition) is 1. The van der Waals surface area contributed by atoms with Crippen molar-refractivity contribution in [3.05, 3.63) is 38.9 Å². The Morgan fingerprint density at radius 2 is 2.37 bits per heavy atom. The molecule has 0 amide bonds. The molecular weight excluding hydrogens is 268 g/mol. The van der Waals surface area contributed by atoms with Crippen LogP contribution in [-0.4, -0.2) is 24.1 Å². The molecule has 0 aromatic heterocycles. The molecule has 1 aromatic rings. The number of halogens is 1. The van der Waals surface area contributed by atoms with E-state index in [1.54, 1.807) is 12.1 Å². The van der Waals surface area contributed by atoms with Crippen LogP contribution in [0.2, 0.25) is 5.02 Å². The Hall–Kier alpha value is -1.17. The maximum Gasteiger partial charge on any atom is 0.276 e. The zero-order valence-electron chi connectivity index (χ0n) is 10.8. The average Bonchev–Trinajstić information content (AvgIpc) is 2.38. The van der Waals surface area contributed by atoms with Gasteiger partial charge in [-0.3, -0.25) is 10.1 Å². The van der Waals surface area contributed by atoms with Gasteiger partial charge in [0.25, 0.3) is 5.69 Å². The van der Waals surface area contributed by atoms with Gasteiger partial charge in [0.15, 0.2) is 0 Å². The summed E-state index contributed by atoms with van der Waals surface area (Å²) in [6, 6.07) is 4.67. The molecule has 19 heavy (non-hydrogen) atoms. The van der Waals surface area contributed by atoms with Gasteiger partial charge in [0.1, 0.15) is 0 Å². The van der Waals surface area contributed by atoms with Gasteiger partial charge >= 0.3 is 0 Å². The average molecular weight is 285 g/mol. The molecular formula is C13H17ClN2O3. The smallest absolute Gasteiger partial charge is 0.276 e. The van der Waals surface area contributed by atoms with Gasteiger partial charge in [-0.05, 0) is 31.0 Å². The predicted octanol–water partition coefficient (Wildman–Crippen LogP) is 2.76. The minimum atomic E-state index is -0.423. The van der Waals surface area contributed by atoms with Crippen molar-refractivity contribution in [1.29, 1.82) is 0 Å². The molecule has 0 saturated carbocycles. The number of nitro benzene ring substituents is 1. The van der Waals surface area contributed by atoms with Crippen molar-refractivity contribution in [3.8, 4) is 0 Å². The van der Waals surface area contributed by atoms with Gasteiger partial charge in [0, 0.05) is 17.6 Å². The molecule has 5 nitrogen and oxygen atoms in total. The van der Waals surface area contributed by atoms with Crippen molar-refractivity contribution < 1.29 is 9.66 Å². The van der Waals surface area contributed by atoms with E-state index in [2.05, 4.69) is 12.2 Å². The lowest BCUT2D eigenvalue weighted by molar-refractivity contribution is -0.386. The number of piperidine rings is 1. The molecule has 1 N–H and O–H groups in total. The molecule has 1 aliphatic heterocycles. The van der Waals surface area contributed by atoms with Crippen molar-refractivity contribution in [2.45, 2.75) is 26.1 Å². The van der Waals surface area contributed by atoms with E-state index >= 15 is 0 Å². The van der Waals surface area contributed by atoms with Crippen molar-refractivity contribution in [2.75, 3.05) is 13.1 Å². The molecule has 104 valence electrons. The highest BCUT2D eigenvalue weighted by Gasteiger charge is 2.23. The Balaban J connectivity index is 2.04. The SMILES string of the molecule is CC1CCNCC1OCc1ccc(Cl)cc1[N+](=O)[O-]. The third-order valence-electron chi connectivity index (χ3n) is 3.45. The molecule has 0 radical (unpaired) electrons. The third kappa shape index (κ3) is 3.65. The van der Waals surface area contributed by atoms with Crippen molar-refractivity contribution >= 4 is 17.3 Å². The van der Waals surface area contributed by atoms with Crippen LogP contribution in [0.25, 0.3) is 0 Å². The summed E-state index contributed by atoms with van der Waals surface area (Å²) in [5.74, 6) is 0.465. The van der Waals surface area contributed by atoms with Gasteiger partial charge < -0.3 is 10.1 Å². The summed E-state index contributed by atoms with van der Waals surface area (Å²) >= 11 is 5.78. The third-order valence-corrected chi connectivity index (χ3v) is 3.69. The van der Waals surface area contributed by atoms with Crippen LogP contribution in [0.15, 0.2) is 18.2 Å². The maximum absolute atomic E-state index is 11.0. The van der Waals surface area contributed by atoms with Crippen LogP contribution in [0.4, 0.5) is 5.69 Å². The molecule has 1 saturated heterocycles. The molecule has 0 spiro atoms. The zero-order chi connectivity index (χ0) is 13.8. The Morgan fingerprint density at radius 3 is 3.05 bits per heavy atom. The molecule has 0 aliphatic carbocycles. The first-order valence-corrected chi connectivity index (χ1v) is 6.71. The van der Waals surface area contributed by atoms with Gasteiger partial charge in [-0.2, -0.15) is 0 Å². The van der Waals surface area contributed by atoms with Crippen molar-refractivity contribution in [1.82, 2.24) is 5.32 Å². The van der Waals surface area contributed by atoms with Crippen molar-refractivity contribution in [2.24, 2.45) is 5.92 Å². The van der Waals surface area contributed by atoms with E-state index in [1.807, 2.05) is 0 Å². The van der Waals surface area contributed by atoms with Gasteiger partial charge in [-0.1, -0.05) is 18.5 Å². The summed E-state index contributed by atoms with van der Waals surface area (Å²) in [4.78, 5) is 10.5. The normalized spacial score (nSPS) is 23.3. The topological polar surface area (TPSA) is 64.4 Å². The highest BCUT2D eigenvalue weighted by Crippen LogP contribution is 2.25. The lowest BCUT2D eigenvalue weighted by Crippen LogP contribution is -2.40. The van der Waals surface area contributed by atoms with Crippen molar-refractivity contribution in [3.63, 3.8) is 0 Å². The Kier molecular flexibility index (Phi) is 4.74. The molecule has 1 fully saturated rings. The molecule has 1 aromatic carbocycles. The van der Waals surface area contributed by atoms with Gasteiger partial charge in [0.2, 0.25) is 0 Å². The van der Waals surface area contributed by atoms with Gasteiger partial charge in [-0.25, -0.2) is 0 Å². The summed E-state index contributed by atoms with van der Waals surface area (Å²) in [5, 5.41) is 14.6. The first kappa shape index (κ1) is 14.2. The summed E-state index contributed by atoms with van der Waals surface area (Å²) in [6.45, 7) is 4.18. The number of nitrogens with zero attached hydrogens (tertiary/aromatic N) is 1. The van der Waals surface area contributed by atoms with E-state index < -0.39 is 4.92 Å². The van der Waals surface area contributed by atoms with E-state index in [1.165, 1.54) is 6.07 Å². The van der Waals surface area contributed by atoms with E-state index in [9.17, 15) is 10.1 Å². The highest BCUT2D eigenvalue weighted by molar-refractivity contribution is 6.30. The van der Waals surface area contributed by atoms with Crippen LogP contribution in [-0.2, 0) is 11.3 Å². The Morgan fingerprint density at radius 1 is 1.58 bits per heavy atom. The van der Waals surface area contributed by atoms with E-state index in [0.717, 1.165) is 19.5 Å². The fourth-order valence-electron chi connectivity index (χ4n) is 2.21. The van der Waals surface area contributed by atoms with Crippen LogP contribution in [0, 0.1) is 16.0 Å². The minimum Gasteiger partial charge on any atom is -0.372 e. The molecule has 2 atom stereocenters. The Labute approximate surface area is 117 Å². The lowest BCUT2D eigenvalue weighted by atomic mass is 9.97. The highest BCUT2D eigenvalue weighted by atomic mass is 35.5. The summed E-state index contributed by atoms with van der Waals surface area (Å²) < 4.78 is 5.80. The molecule has 0 bridgehead atoms. The van der Waals surface area contributed by atoms with Crippen LogP contribution in [0.3, 0.4) is 0 Å². The van der Waals surface area contributed by atoms with E-state index in [-0.39, 0.29) is 18.4 Å². The second-order valence-electron chi connectivity index (χ2n) is 4.85. The Bertz CT molecular complexity index is 467. The standard InChI is InChI=1S/C13H17ClN2O3/c1-9-4-5-15-7-13(9)19-8-10-2-3-11(14)6-12(10)16(17)18/h2-3,6,9,13,15H,4-5,7-8H2,1H3. The largest absolute Gasteiger partial charge is 0.372 e. The maximum atomic E-state index is 11.0. The molecule has 1 heterocycles. The fraction of sp³-hybridized carbons (Fsp3) is 0.538. The quantitative estimate of drug-likeness (QED) is 0.682. The summed E-state index contributed by atoms with van der Waals surface area (Å²) in [7, 11) is 0. The summed E-state index contributed by atoms with van der Waals surface area (Å²) in [5.41, 5.74) is 0.580. The van der Waals surface area contributed by atoms with Gasteiger partial charge in [0.05, 0.1) is 23.2 Å². The molecule has 1 aliphatic rings. The number of benzene rings is 1. The predicted molar refractivity (Wildman–Crippen MR) is 73.3 cm³/mol. The van der Waals surface area contributed by atoms with E-state index in [0.29, 0.717) is 16.5 Å². The zero-order valence-corrected chi connectivity index (χ0v) is 11.5. The second-order valence-corrected chi connectivity index (χ2v) is 5.29. The first-order valence-electron chi connectivity index (χ1n) is 6.33. The summed E-state index contributed by atoms with van der Waals surface area (Å²) in [6.07, 6.45) is 1.16. The fourth-order valence-corrected chi connectivity index (χ4v) is 2.38. The number of nitro groups is 1. The molecule has 6 heteroatoms.